The Kier molecular flexibility index (Phi) is 3.98. The number of nitrogens with one attached hydrogen (secondary N) is 1. The molecule has 1 aliphatic carbocycles. The molecule has 1 N–H and O–H groups in total. The van der Waals surface area contributed by atoms with Crippen molar-refractivity contribution in [2.24, 2.45) is 0 Å². The maximum absolute atomic E-state index is 13.2. The highest BCUT2D eigenvalue weighted by Gasteiger charge is 2.20. The van der Waals surface area contributed by atoms with Crippen LogP contribution in [0.15, 0.2) is 41.0 Å². The maximum atomic E-state index is 13.2. The smallest absolute Gasteiger partial charge is 0.137 e. The van der Waals surface area contributed by atoms with Crippen molar-refractivity contribution in [3.05, 3.63) is 52.5 Å². The molecule has 0 bridgehead atoms. The molecule has 0 unspecified atom stereocenters. The first kappa shape index (κ1) is 13.5. The Bertz CT molecular complexity index is 617. The van der Waals surface area contributed by atoms with Gasteiger partial charge in [-0.3, -0.25) is 4.98 Å². The van der Waals surface area contributed by atoms with Gasteiger partial charge in [-0.15, -0.1) is 0 Å². The van der Waals surface area contributed by atoms with Crippen molar-refractivity contribution in [3.63, 3.8) is 0 Å². The number of hydrogen-bond donors (Lipinski definition) is 1. The van der Waals surface area contributed by atoms with E-state index in [1.54, 1.807) is 24.4 Å². The van der Waals surface area contributed by atoms with E-state index in [2.05, 4.69) is 26.2 Å². The second-order valence-electron chi connectivity index (χ2n) is 4.82. The molecule has 1 aromatic carbocycles. The van der Waals surface area contributed by atoms with Gasteiger partial charge < -0.3 is 10.1 Å². The first-order chi connectivity index (χ1) is 9.70. The Morgan fingerprint density at radius 1 is 1.25 bits per heavy atom. The van der Waals surface area contributed by atoms with Gasteiger partial charge in [0.15, 0.2) is 0 Å². The lowest BCUT2D eigenvalue weighted by Gasteiger charge is -2.08. The van der Waals surface area contributed by atoms with Gasteiger partial charge in [-0.05, 0) is 53.0 Å². The zero-order valence-electron chi connectivity index (χ0n) is 10.8. The summed E-state index contributed by atoms with van der Waals surface area (Å²) >= 11 is 3.14. The molecule has 0 atom stereocenters. The average Bonchev–Trinajstić information content (AvgIpc) is 3.25. The largest absolute Gasteiger partial charge is 0.457 e. The topological polar surface area (TPSA) is 34.1 Å². The second-order valence-corrected chi connectivity index (χ2v) is 5.67. The molecule has 104 valence electrons. The summed E-state index contributed by atoms with van der Waals surface area (Å²) in [5.74, 6) is 0.984. The Morgan fingerprint density at radius 3 is 2.80 bits per heavy atom. The number of halogens is 2. The van der Waals surface area contributed by atoms with E-state index in [-0.39, 0.29) is 5.82 Å². The van der Waals surface area contributed by atoms with Crippen molar-refractivity contribution in [1.82, 2.24) is 10.3 Å². The van der Waals surface area contributed by atoms with E-state index >= 15 is 0 Å². The molecule has 3 nitrogen and oxygen atoms in total. The predicted octanol–water partition coefficient (Wildman–Crippen LogP) is 4.03. The van der Waals surface area contributed by atoms with E-state index in [4.69, 9.17) is 4.74 Å². The van der Waals surface area contributed by atoms with Gasteiger partial charge in [0.05, 0.1) is 10.2 Å². The molecule has 20 heavy (non-hydrogen) atoms. The molecule has 1 aromatic heterocycles. The highest BCUT2D eigenvalue weighted by atomic mass is 79.9. The van der Waals surface area contributed by atoms with Crippen molar-refractivity contribution in [3.8, 4) is 11.5 Å². The summed E-state index contributed by atoms with van der Waals surface area (Å²) < 4.78 is 19.3. The Labute approximate surface area is 125 Å². The molecule has 0 spiro atoms. The van der Waals surface area contributed by atoms with E-state index in [1.807, 2.05) is 6.07 Å². The minimum absolute atomic E-state index is 0.304. The van der Waals surface area contributed by atoms with Crippen molar-refractivity contribution in [1.29, 1.82) is 0 Å². The van der Waals surface area contributed by atoms with Crippen LogP contribution in [0, 0.1) is 5.82 Å². The van der Waals surface area contributed by atoms with Gasteiger partial charge >= 0.3 is 0 Å². The van der Waals surface area contributed by atoms with E-state index in [0.717, 1.165) is 12.2 Å². The van der Waals surface area contributed by atoms with Crippen molar-refractivity contribution in [2.45, 2.75) is 25.4 Å². The first-order valence-corrected chi connectivity index (χ1v) is 7.31. The van der Waals surface area contributed by atoms with Crippen LogP contribution in [0.2, 0.25) is 0 Å². The van der Waals surface area contributed by atoms with Crippen molar-refractivity contribution < 1.29 is 9.13 Å². The number of ether oxygens (including phenoxy) is 1. The van der Waals surface area contributed by atoms with Gasteiger partial charge in [0, 0.05) is 24.8 Å². The van der Waals surface area contributed by atoms with Crippen LogP contribution in [-0.2, 0) is 6.54 Å². The minimum atomic E-state index is -0.304. The summed E-state index contributed by atoms with van der Waals surface area (Å²) in [5.41, 5.74) is 0.940. The molecule has 1 heterocycles. The molecule has 2 aromatic rings. The first-order valence-electron chi connectivity index (χ1n) is 6.52. The van der Waals surface area contributed by atoms with Gasteiger partial charge in [-0.1, -0.05) is 0 Å². The standard InChI is InChI=1S/C15H14BrFN2O/c16-14-8-12(3-4-15(14)17)20-13-5-6-18-11(7-13)9-19-10-1-2-10/h3-8,10,19H,1-2,9H2. The molecule has 5 heteroatoms. The average molecular weight is 337 g/mol. The maximum Gasteiger partial charge on any atom is 0.137 e. The summed E-state index contributed by atoms with van der Waals surface area (Å²) in [5, 5.41) is 3.41. The van der Waals surface area contributed by atoms with Crippen LogP contribution in [0.4, 0.5) is 4.39 Å². The highest BCUT2D eigenvalue weighted by molar-refractivity contribution is 9.10. The number of rotatable bonds is 5. The summed E-state index contributed by atoms with van der Waals surface area (Å²) in [7, 11) is 0. The lowest BCUT2D eigenvalue weighted by molar-refractivity contribution is 0.477. The fraction of sp³-hybridized carbons (Fsp3) is 0.267. The van der Waals surface area contributed by atoms with Gasteiger partial charge in [0.25, 0.3) is 0 Å². The molecular formula is C15H14BrFN2O. The second kappa shape index (κ2) is 5.89. The van der Waals surface area contributed by atoms with Crippen molar-refractivity contribution in [2.75, 3.05) is 0 Å². The van der Waals surface area contributed by atoms with Gasteiger partial charge in [-0.2, -0.15) is 0 Å². The number of benzene rings is 1. The fourth-order valence-electron chi connectivity index (χ4n) is 1.83. The van der Waals surface area contributed by atoms with Crippen LogP contribution in [0.1, 0.15) is 18.5 Å². The molecule has 0 aliphatic heterocycles. The highest BCUT2D eigenvalue weighted by Crippen LogP contribution is 2.26. The predicted molar refractivity (Wildman–Crippen MR) is 78.3 cm³/mol. The monoisotopic (exact) mass is 336 g/mol. The number of nitrogens with zero attached hydrogens (tertiary/aromatic N) is 1. The molecule has 0 amide bonds. The van der Waals surface area contributed by atoms with Gasteiger partial charge in [0.2, 0.25) is 0 Å². The summed E-state index contributed by atoms with van der Waals surface area (Å²) in [6.45, 7) is 0.745. The fourth-order valence-corrected chi connectivity index (χ4v) is 2.19. The molecule has 1 saturated carbocycles. The molecule has 3 rings (SSSR count). The third kappa shape index (κ3) is 3.55. The Hall–Kier alpha value is -1.46. The zero-order chi connectivity index (χ0) is 13.9. The van der Waals surface area contributed by atoms with Gasteiger partial charge in [-0.25, -0.2) is 4.39 Å². The van der Waals surface area contributed by atoms with Crippen LogP contribution in [0.25, 0.3) is 0 Å². The number of hydrogen-bond acceptors (Lipinski definition) is 3. The molecule has 0 saturated heterocycles. The van der Waals surface area contributed by atoms with Crippen LogP contribution in [0.3, 0.4) is 0 Å². The lowest BCUT2D eigenvalue weighted by Crippen LogP contribution is -2.16. The molecular weight excluding hydrogens is 323 g/mol. The van der Waals surface area contributed by atoms with Crippen LogP contribution in [0.5, 0.6) is 11.5 Å². The third-order valence-corrected chi connectivity index (χ3v) is 3.67. The van der Waals surface area contributed by atoms with Gasteiger partial charge in [0.1, 0.15) is 17.3 Å². The third-order valence-electron chi connectivity index (χ3n) is 3.06. The number of pyridine rings is 1. The van der Waals surface area contributed by atoms with E-state index < -0.39 is 0 Å². The van der Waals surface area contributed by atoms with E-state index in [9.17, 15) is 4.39 Å². The summed E-state index contributed by atoms with van der Waals surface area (Å²) in [6, 6.07) is 8.91. The zero-order valence-corrected chi connectivity index (χ0v) is 12.4. The van der Waals surface area contributed by atoms with E-state index in [1.165, 1.54) is 18.9 Å². The Morgan fingerprint density at radius 2 is 2.05 bits per heavy atom. The SMILES string of the molecule is Fc1ccc(Oc2ccnc(CNC3CC3)c2)cc1Br. The lowest BCUT2D eigenvalue weighted by atomic mass is 10.3. The van der Waals surface area contributed by atoms with Crippen LogP contribution >= 0.6 is 15.9 Å². The van der Waals surface area contributed by atoms with Crippen molar-refractivity contribution >= 4 is 15.9 Å². The quantitative estimate of drug-likeness (QED) is 0.895. The molecule has 0 radical (unpaired) electrons. The van der Waals surface area contributed by atoms with Crippen LogP contribution in [-0.4, -0.2) is 11.0 Å². The summed E-state index contributed by atoms with van der Waals surface area (Å²) in [4.78, 5) is 4.30. The molecule has 1 aliphatic rings. The normalized spacial score (nSPS) is 14.3. The number of aromatic nitrogens is 1. The molecule has 1 fully saturated rings. The van der Waals surface area contributed by atoms with E-state index in [0.29, 0.717) is 22.0 Å². The van der Waals surface area contributed by atoms with Crippen LogP contribution < -0.4 is 10.1 Å². The Balaban J connectivity index is 1.69. The summed E-state index contributed by atoms with van der Waals surface area (Å²) in [6.07, 6.45) is 4.22. The minimum Gasteiger partial charge on any atom is -0.457 e.